The van der Waals surface area contributed by atoms with E-state index in [0.717, 1.165) is 24.9 Å². The molecule has 132 valence electrons. The lowest BCUT2D eigenvalue weighted by Crippen LogP contribution is -2.53. The summed E-state index contributed by atoms with van der Waals surface area (Å²) in [5.74, 6) is 0.131. The van der Waals surface area contributed by atoms with Gasteiger partial charge >= 0.3 is 0 Å². The maximum atomic E-state index is 13.0. The van der Waals surface area contributed by atoms with Crippen molar-refractivity contribution in [2.45, 2.75) is 31.4 Å². The average Bonchev–Trinajstić information content (AvgIpc) is 3.33. The lowest BCUT2D eigenvalue weighted by atomic mass is 9.93. The van der Waals surface area contributed by atoms with Gasteiger partial charge in [0.25, 0.3) is 5.91 Å². The minimum Gasteiger partial charge on any atom is -0.393 e. The summed E-state index contributed by atoms with van der Waals surface area (Å²) in [7, 11) is 0. The van der Waals surface area contributed by atoms with Gasteiger partial charge in [-0.3, -0.25) is 4.79 Å². The van der Waals surface area contributed by atoms with Crippen LogP contribution in [0.5, 0.6) is 0 Å². The molecule has 1 aliphatic carbocycles. The van der Waals surface area contributed by atoms with E-state index in [4.69, 9.17) is 4.74 Å². The Bertz CT molecular complexity index is 714. The van der Waals surface area contributed by atoms with Crippen LogP contribution in [0.1, 0.15) is 29.6 Å². The molecule has 0 spiro atoms. The van der Waals surface area contributed by atoms with E-state index in [0.29, 0.717) is 25.3 Å². The van der Waals surface area contributed by atoms with E-state index in [2.05, 4.69) is 5.10 Å². The molecule has 1 saturated carbocycles. The van der Waals surface area contributed by atoms with Gasteiger partial charge in [-0.2, -0.15) is 5.10 Å². The summed E-state index contributed by atoms with van der Waals surface area (Å²) >= 11 is 0. The van der Waals surface area contributed by atoms with Gasteiger partial charge in [-0.15, -0.1) is 0 Å². The highest BCUT2D eigenvalue weighted by Gasteiger charge is 2.39. The Hall–Kier alpha value is -2.18. The monoisotopic (exact) mass is 341 g/mol. The fraction of sp³-hybridized carbons (Fsp3) is 0.474. The van der Waals surface area contributed by atoms with E-state index in [-0.39, 0.29) is 24.0 Å². The normalized spacial score (nSPS) is 26.8. The van der Waals surface area contributed by atoms with E-state index in [1.54, 1.807) is 10.9 Å². The summed E-state index contributed by atoms with van der Waals surface area (Å²) in [6.45, 7) is 1.64. The van der Waals surface area contributed by atoms with Crippen LogP contribution in [-0.4, -0.2) is 57.6 Å². The van der Waals surface area contributed by atoms with Gasteiger partial charge in [0, 0.05) is 30.4 Å². The molecule has 1 aromatic heterocycles. The number of ether oxygens (including phenoxy) is 1. The summed E-state index contributed by atoms with van der Waals surface area (Å²) in [4.78, 5) is 14.9. The Labute approximate surface area is 147 Å². The molecule has 25 heavy (non-hydrogen) atoms. The second-order valence-electron chi connectivity index (χ2n) is 6.80. The smallest absolute Gasteiger partial charge is 0.254 e. The molecule has 1 aliphatic heterocycles. The third-order valence-electron chi connectivity index (χ3n) is 5.34. The highest BCUT2D eigenvalue weighted by Crippen LogP contribution is 2.32. The van der Waals surface area contributed by atoms with Crippen molar-refractivity contribution >= 4 is 5.91 Å². The van der Waals surface area contributed by atoms with E-state index >= 15 is 0 Å². The van der Waals surface area contributed by atoms with E-state index in [1.807, 2.05) is 41.4 Å². The molecule has 6 heteroatoms. The SMILES string of the molecule is O=C(c1ccc(-n2cccn2)cc1)N1CCOC[C@@H]1[C@@H]1CCC[C@@H]1O. The Morgan fingerprint density at radius 3 is 2.76 bits per heavy atom. The molecule has 6 nitrogen and oxygen atoms in total. The number of nitrogens with zero attached hydrogens (tertiary/aromatic N) is 3. The van der Waals surface area contributed by atoms with Gasteiger partial charge in [0.1, 0.15) is 0 Å². The molecule has 2 aliphatic rings. The minimum atomic E-state index is -0.329. The number of rotatable bonds is 3. The Balaban J connectivity index is 1.54. The predicted molar refractivity (Wildman–Crippen MR) is 92.6 cm³/mol. The zero-order valence-electron chi connectivity index (χ0n) is 14.1. The standard InChI is InChI=1S/C19H23N3O3/c23-18-4-1-3-16(18)17-13-25-12-11-21(17)19(24)14-5-7-15(8-6-14)22-10-2-9-20-22/h2,5-10,16-18,23H,1,3-4,11-13H2/t16-,17+,18-/m0/s1. The molecule has 3 atom stereocenters. The highest BCUT2D eigenvalue weighted by atomic mass is 16.5. The van der Waals surface area contributed by atoms with Crippen molar-refractivity contribution in [3.63, 3.8) is 0 Å². The topological polar surface area (TPSA) is 67.6 Å². The summed E-state index contributed by atoms with van der Waals surface area (Å²) in [6, 6.07) is 9.32. The molecule has 2 heterocycles. The summed E-state index contributed by atoms with van der Waals surface area (Å²) in [5.41, 5.74) is 1.58. The van der Waals surface area contributed by atoms with Crippen LogP contribution in [0, 0.1) is 5.92 Å². The van der Waals surface area contributed by atoms with Crippen LogP contribution in [0.3, 0.4) is 0 Å². The van der Waals surface area contributed by atoms with Crippen molar-refractivity contribution in [2.24, 2.45) is 5.92 Å². The van der Waals surface area contributed by atoms with Crippen LogP contribution < -0.4 is 0 Å². The molecule has 0 unspecified atom stereocenters. The molecule has 1 amide bonds. The van der Waals surface area contributed by atoms with Crippen molar-refractivity contribution in [3.05, 3.63) is 48.3 Å². The number of carbonyl (C=O) groups is 1. The maximum absolute atomic E-state index is 13.0. The molecule has 0 radical (unpaired) electrons. The fourth-order valence-electron chi connectivity index (χ4n) is 3.99. The van der Waals surface area contributed by atoms with Crippen molar-refractivity contribution in [3.8, 4) is 5.69 Å². The fourth-order valence-corrected chi connectivity index (χ4v) is 3.99. The average molecular weight is 341 g/mol. The number of aliphatic hydroxyl groups is 1. The zero-order valence-corrected chi connectivity index (χ0v) is 14.1. The van der Waals surface area contributed by atoms with E-state index < -0.39 is 0 Å². The second-order valence-corrected chi connectivity index (χ2v) is 6.80. The second kappa shape index (κ2) is 6.98. The molecule has 0 bridgehead atoms. The Morgan fingerprint density at radius 1 is 1.24 bits per heavy atom. The number of carbonyl (C=O) groups excluding carboxylic acids is 1. The quantitative estimate of drug-likeness (QED) is 0.925. The lowest BCUT2D eigenvalue weighted by molar-refractivity contribution is -0.0383. The first-order chi connectivity index (χ1) is 12.2. The van der Waals surface area contributed by atoms with Gasteiger partial charge < -0.3 is 14.7 Å². The Kier molecular flexibility index (Phi) is 4.55. The van der Waals surface area contributed by atoms with Crippen LogP contribution in [-0.2, 0) is 4.74 Å². The maximum Gasteiger partial charge on any atom is 0.254 e. The number of hydrogen-bond acceptors (Lipinski definition) is 4. The summed E-state index contributed by atoms with van der Waals surface area (Å²) in [5, 5.41) is 14.5. The van der Waals surface area contributed by atoms with E-state index in [9.17, 15) is 9.90 Å². The first kappa shape index (κ1) is 16.3. The zero-order chi connectivity index (χ0) is 17.2. The minimum absolute atomic E-state index is 0.0133. The largest absolute Gasteiger partial charge is 0.393 e. The Morgan fingerprint density at radius 2 is 2.08 bits per heavy atom. The van der Waals surface area contributed by atoms with Gasteiger partial charge in [-0.25, -0.2) is 4.68 Å². The number of aliphatic hydroxyl groups excluding tert-OH is 1. The number of hydrogen-bond donors (Lipinski definition) is 1. The van der Waals surface area contributed by atoms with Crippen molar-refractivity contribution < 1.29 is 14.6 Å². The molecule has 1 aromatic carbocycles. The molecular weight excluding hydrogens is 318 g/mol. The van der Waals surface area contributed by atoms with Crippen molar-refractivity contribution in [1.29, 1.82) is 0 Å². The lowest BCUT2D eigenvalue weighted by Gasteiger charge is -2.40. The summed E-state index contributed by atoms with van der Waals surface area (Å²) in [6.07, 6.45) is 6.06. The molecular formula is C19H23N3O3. The van der Waals surface area contributed by atoms with Gasteiger partial charge in [0.2, 0.25) is 0 Å². The molecule has 2 aromatic rings. The number of aromatic nitrogens is 2. The summed E-state index contributed by atoms with van der Waals surface area (Å²) < 4.78 is 7.38. The third-order valence-corrected chi connectivity index (χ3v) is 5.34. The third kappa shape index (κ3) is 3.19. The molecule has 2 fully saturated rings. The van der Waals surface area contributed by atoms with Crippen LogP contribution in [0.25, 0.3) is 5.69 Å². The van der Waals surface area contributed by atoms with Crippen LogP contribution in [0.15, 0.2) is 42.7 Å². The van der Waals surface area contributed by atoms with Crippen LogP contribution >= 0.6 is 0 Å². The van der Waals surface area contributed by atoms with Gasteiger partial charge in [-0.1, -0.05) is 6.42 Å². The number of morpholine rings is 1. The molecule has 1 N–H and O–H groups in total. The first-order valence-electron chi connectivity index (χ1n) is 8.91. The first-order valence-corrected chi connectivity index (χ1v) is 8.91. The van der Waals surface area contributed by atoms with Crippen molar-refractivity contribution in [1.82, 2.24) is 14.7 Å². The number of benzene rings is 1. The van der Waals surface area contributed by atoms with Crippen molar-refractivity contribution in [2.75, 3.05) is 19.8 Å². The van der Waals surface area contributed by atoms with Gasteiger partial charge in [-0.05, 0) is 43.2 Å². The highest BCUT2D eigenvalue weighted by molar-refractivity contribution is 5.94. The number of amides is 1. The van der Waals surface area contributed by atoms with Gasteiger partial charge in [0.05, 0.1) is 31.0 Å². The van der Waals surface area contributed by atoms with Crippen LogP contribution in [0.2, 0.25) is 0 Å². The molecule has 4 rings (SSSR count). The molecule has 1 saturated heterocycles. The van der Waals surface area contributed by atoms with Crippen LogP contribution in [0.4, 0.5) is 0 Å². The predicted octanol–water partition coefficient (Wildman–Crippen LogP) is 1.87. The van der Waals surface area contributed by atoms with Gasteiger partial charge in [0.15, 0.2) is 0 Å². The van der Waals surface area contributed by atoms with E-state index in [1.165, 1.54) is 0 Å².